The van der Waals surface area contributed by atoms with E-state index in [9.17, 15) is 0 Å². The molecule has 0 aliphatic carbocycles. The Morgan fingerprint density at radius 2 is 2.07 bits per heavy atom. The van der Waals surface area contributed by atoms with E-state index < -0.39 is 0 Å². The molecular formula is C13H19NO. The van der Waals surface area contributed by atoms with Crippen molar-refractivity contribution in [3.63, 3.8) is 0 Å². The highest BCUT2D eigenvalue weighted by atomic mass is 16.5. The fourth-order valence-corrected chi connectivity index (χ4v) is 2.34. The Bertz CT molecular complexity index is 382. The Balaban J connectivity index is 2.58. The number of anilines is 1. The van der Waals surface area contributed by atoms with Crippen LogP contribution in [0, 0.1) is 6.92 Å². The molecule has 1 N–H and O–H groups in total. The van der Waals surface area contributed by atoms with Gasteiger partial charge in [-0.15, -0.1) is 0 Å². The lowest BCUT2D eigenvalue weighted by Gasteiger charge is -2.34. The van der Waals surface area contributed by atoms with Gasteiger partial charge < -0.3 is 10.1 Å². The van der Waals surface area contributed by atoms with Crippen LogP contribution in [0.5, 0.6) is 5.75 Å². The molecule has 0 atom stereocenters. The van der Waals surface area contributed by atoms with E-state index in [1.54, 1.807) is 7.11 Å². The quantitative estimate of drug-likeness (QED) is 0.760. The van der Waals surface area contributed by atoms with Crippen molar-refractivity contribution in [1.82, 2.24) is 0 Å². The number of fused-ring (bicyclic) bond motifs is 1. The van der Waals surface area contributed by atoms with Gasteiger partial charge >= 0.3 is 0 Å². The highest BCUT2D eigenvalue weighted by molar-refractivity contribution is 5.65. The smallest absolute Gasteiger partial charge is 0.123 e. The summed E-state index contributed by atoms with van der Waals surface area (Å²) in [6.45, 7) is 7.78. The molecule has 2 rings (SSSR count). The minimum absolute atomic E-state index is 0.275. The third-order valence-electron chi connectivity index (χ3n) is 3.42. The number of benzene rings is 1. The summed E-state index contributed by atoms with van der Waals surface area (Å²) in [6.07, 6.45) is 1.19. The second-order valence-corrected chi connectivity index (χ2v) is 4.88. The molecule has 2 nitrogen and oxygen atoms in total. The summed E-state index contributed by atoms with van der Waals surface area (Å²) in [4.78, 5) is 0. The second kappa shape index (κ2) is 3.44. The number of nitrogens with one attached hydrogen (secondary N) is 1. The lowest BCUT2D eigenvalue weighted by molar-refractivity contribution is 0.410. The maximum Gasteiger partial charge on any atom is 0.123 e. The van der Waals surface area contributed by atoms with E-state index >= 15 is 0 Å². The van der Waals surface area contributed by atoms with Gasteiger partial charge in [0.25, 0.3) is 0 Å². The van der Waals surface area contributed by atoms with Crippen LogP contribution in [0.3, 0.4) is 0 Å². The molecule has 1 aliphatic rings. The van der Waals surface area contributed by atoms with E-state index in [4.69, 9.17) is 4.74 Å². The van der Waals surface area contributed by atoms with Crippen LogP contribution < -0.4 is 10.1 Å². The Morgan fingerprint density at radius 3 is 2.73 bits per heavy atom. The third-order valence-corrected chi connectivity index (χ3v) is 3.42. The largest absolute Gasteiger partial charge is 0.496 e. The SMILES string of the molecule is COc1ccc2c(c1C)NCCC2(C)C. The van der Waals surface area contributed by atoms with Gasteiger partial charge in [0.1, 0.15) is 5.75 Å². The number of hydrogen-bond donors (Lipinski definition) is 1. The van der Waals surface area contributed by atoms with E-state index in [2.05, 4.69) is 38.2 Å². The summed E-state index contributed by atoms with van der Waals surface area (Å²) < 4.78 is 5.34. The van der Waals surface area contributed by atoms with Gasteiger partial charge in [-0.1, -0.05) is 19.9 Å². The maximum absolute atomic E-state index is 5.34. The van der Waals surface area contributed by atoms with Crippen LogP contribution in [0.15, 0.2) is 12.1 Å². The van der Waals surface area contributed by atoms with Gasteiger partial charge in [-0.2, -0.15) is 0 Å². The highest BCUT2D eigenvalue weighted by Crippen LogP contribution is 2.41. The zero-order chi connectivity index (χ0) is 11.1. The van der Waals surface area contributed by atoms with Crippen molar-refractivity contribution in [3.05, 3.63) is 23.3 Å². The molecule has 0 bridgehead atoms. The van der Waals surface area contributed by atoms with Gasteiger partial charge in [0.2, 0.25) is 0 Å². The molecule has 1 aromatic carbocycles. The van der Waals surface area contributed by atoms with E-state index in [-0.39, 0.29) is 5.41 Å². The van der Waals surface area contributed by atoms with Crippen LogP contribution in [-0.4, -0.2) is 13.7 Å². The first-order valence-corrected chi connectivity index (χ1v) is 5.48. The molecule has 1 heterocycles. The van der Waals surface area contributed by atoms with Gasteiger partial charge in [0, 0.05) is 17.8 Å². The molecule has 15 heavy (non-hydrogen) atoms. The van der Waals surface area contributed by atoms with Crippen LogP contribution >= 0.6 is 0 Å². The van der Waals surface area contributed by atoms with Crippen LogP contribution in [0.4, 0.5) is 5.69 Å². The fraction of sp³-hybridized carbons (Fsp3) is 0.538. The number of hydrogen-bond acceptors (Lipinski definition) is 2. The van der Waals surface area contributed by atoms with E-state index in [0.717, 1.165) is 12.3 Å². The van der Waals surface area contributed by atoms with Crippen molar-refractivity contribution in [1.29, 1.82) is 0 Å². The molecule has 0 unspecified atom stereocenters. The lowest BCUT2D eigenvalue weighted by Crippen LogP contribution is -2.28. The summed E-state index contributed by atoms with van der Waals surface area (Å²) >= 11 is 0. The van der Waals surface area contributed by atoms with Crippen LogP contribution in [0.1, 0.15) is 31.4 Å². The summed E-state index contributed by atoms with van der Waals surface area (Å²) in [5, 5.41) is 3.48. The molecule has 0 saturated heterocycles. The normalized spacial score (nSPS) is 17.9. The Labute approximate surface area is 91.6 Å². The second-order valence-electron chi connectivity index (χ2n) is 4.88. The molecular weight excluding hydrogens is 186 g/mol. The number of ether oxygens (including phenoxy) is 1. The standard InChI is InChI=1S/C13H19NO/c1-9-11(15-4)6-5-10-12(9)14-8-7-13(10,2)3/h5-6,14H,7-8H2,1-4H3. The van der Waals surface area contributed by atoms with E-state index in [0.29, 0.717) is 0 Å². The first kappa shape index (κ1) is 10.3. The molecule has 2 heteroatoms. The topological polar surface area (TPSA) is 21.3 Å². The lowest BCUT2D eigenvalue weighted by atomic mass is 9.77. The summed E-state index contributed by atoms with van der Waals surface area (Å²) in [5.74, 6) is 0.971. The first-order valence-electron chi connectivity index (χ1n) is 5.48. The van der Waals surface area contributed by atoms with Gasteiger partial charge in [-0.3, -0.25) is 0 Å². The molecule has 1 aliphatic heterocycles. The molecule has 1 aromatic rings. The van der Waals surface area contributed by atoms with Crippen molar-refractivity contribution in [2.45, 2.75) is 32.6 Å². The van der Waals surface area contributed by atoms with Crippen molar-refractivity contribution in [2.75, 3.05) is 19.0 Å². The zero-order valence-corrected chi connectivity index (χ0v) is 9.98. The predicted molar refractivity (Wildman–Crippen MR) is 63.9 cm³/mol. The number of methoxy groups -OCH3 is 1. The average Bonchev–Trinajstić information content (AvgIpc) is 2.19. The molecule has 0 spiro atoms. The Kier molecular flexibility index (Phi) is 2.37. The molecule has 0 saturated carbocycles. The van der Waals surface area contributed by atoms with E-state index in [1.807, 2.05) is 0 Å². The van der Waals surface area contributed by atoms with Crippen molar-refractivity contribution < 1.29 is 4.74 Å². The van der Waals surface area contributed by atoms with Crippen LogP contribution in [0.25, 0.3) is 0 Å². The number of rotatable bonds is 1. The van der Waals surface area contributed by atoms with E-state index in [1.165, 1.54) is 23.2 Å². The molecule has 82 valence electrons. The summed E-state index contributed by atoms with van der Waals surface area (Å²) in [5.41, 5.74) is 4.18. The Hall–Kier alpha value is -1.18. The van der Waals surface area contributed by atoms with Crippen LogP contribution in [0.2, 0.25) is 0 Å². The summed E-state index contributed by atoms with van der Waals surface area (Å²) in [7, 11) is 1.72. The van der Waals surface area contributed by atoms with Gasteiger partial charge in [0.05, 0.1) is 7.11 Å². The Morgan fingerprint density at radius 1 is 1.33 bits per heavy atom. The van der Waals surface area contributed by atoms with Crippen molar-refractivity contribution >= 4 is 5.69 Å². The zero-order valence-electron chi connectivity index (χ0n) is 9.98. The molecule has 0 aromatic heterocycles. The molecule has 0 fully saturated rings. The fourth-order valence-electron chi connectivity index (χ4n) is 2.34. The maximum atomic E-state index is 5.34. The highest BCUT2D eigenvalue weighted by Gasteiger charge is 2.28. The van der Waals surface area contributed by atoms with Gasteiger partial charge in [0.15, 0.2) is 0 Å². The van der Waals surface area contributed by atoms with Gasteiger partial charge in [-0.25, -0.2) is 0 Å². The molecule has 0 amide bonds. The van der Waals surface area contributed by atoms with Gasteiger partial charge in [-0.05, 0) is 30.4 Å². The van der Waals surface area contributed by atoms with Crippen molar-refractivity contribution in [3.8, 4) is 5.75 Å². The minimum Gasteiger partial charge on any atom is -0.496 e. The van der Waals surface area contributed by atoms with Crippen LogP contribution in [-0.2, 0) is 5.41 Å². The third kappa shape index (κ3) is 1.58. The monoisotopic (exact) mass is 205 g/mol. The van der Waals surface area contributed by atoms with Crippen molar-refractivity contribution in [2.24, 2.45) is 0 Å². The minimum atomic E-state index is 0.275. The first-order chi connectivity index (χ1) is 7.06. The molecule has 0 radical (unpaired) electrons. The predicted octanol–water partition coefficient (Wildman–Crippen LogP) is 3.10. The average molecular weight is 205 g/mol. The summed E-state index contributed by atoms with van der Waals surface area (Å²) in [6, 6.07) is 4.26.